The average Bonchev–Trinajstić information content (AvgIpc) is 1.69. The largest absolute Gasteiger partial charge is 0.322 e. The Morgan fingerprint density at radius 1 is 1.75 bits per heavy atom. The van der Waals surface area contributed by atoms with Crippen molar-refractivity contribution in [1.82, 2.24) is 5.01 Å². The molecule has 0 aliphatic heterocycles. The van der Waals surface area contributed by atoms with Crippen molar-refractivity contribution in [2.24, 2.45) is 16.8 Å². The first-order valence-corrected chi connectivity index (χ1v) is 2.47. The number of hydrazine groups is 1. The smallest absolute Gasteiger partial charge is 0.137 e. The summed E-state index contributed by atoms with van der Waals surface area (Å²) >= 11 is 0. The number of hydrogen-bond donors (Lipinski definition) is 2. The van der Waals surface area contributed by atoms with Gasteiger partial charge in [0.2, 0.25) is 0 Å². The molecule has 0 radical (unpaired) electrons. The van der Waals surface area contributed by atoms with Gasteiger partial charge in [0.1, 0.15) is 5.84 Å². The third kappa shape index (κ3) is 1.79. The zero-order valence-corrected chi connectivity index (χ0v) is 5.26. The summed E-state index contributed by atoms with van der Waals surface area (Å²) in [7, 11) is 1.70. The van der Waals surface area contributed by atoms with Crippen LogP contribution < -0.4 is 11.7 Å². The van der Waals surface area contributed by atoms with E-state index in [0.717, 1.165) is 6.42 Å². The van der Waals surface area contributed by atoms with Gasteiger partial charge in [0.05, 0.1) is 0 Å². The number of nitrogens with zero attached hydrogens (tertiary/aromatic N) is 2. The summed E-state index contributed by atoms with van der Waals surface area (Å²) in [6, 6.07) is 0. The number of amidine groups is 1. The lowest BCUT2D eigenvalue weighted by atomic mass is 10.4. The fraction of sp³-hybridized carbons (Fsp3) is 0.750. The zero-order chi connectivity index (χ0) is 6.57. The third-order valence-corrected chi connectivity index (χ3v) is 0.872. The maximum Gasteiger partial charge on any atom is 0.137 e. The van der Waals surface area contributed by atoms with Crippen molar-refractivity contribution in [3.8, 4) is 0 Å². The van der Waals surface area contributed by atoms with E-state index in [2.05, 4.69) is 5.10 Å². The molecule has 0 fully saturated rings. The van der Waals surface area contributed by atoms with Crippen LogP contribution in [0.15, 0.2) is 5.10 Å². The monoisotopic (exact) mass is 116 g/mol. The minimum atomic E-state index is 0.699. The predicted octanol–water partition coefficient (Wildman–Crippen LogP) is -0.526. The van der Waals surface area contributed by atoms with E-state index in [-0.39, 0.29) is 0 Å². The van der Waals surface area contributed by atoms with Crippen LogP contribution in [0.4, 0.5) is 0 Å². The van der Waals surface area contributed by atoms with Gasteiger partial charge in [-0.3, -0.25) is 0 Å². The fourth-order valence-corrected chi connectivity index (χ4v) is 0.432. The molecule has 0 spiro atoms. The van der Waals surface area contributed by atoms with E-state index in [9.17, 15) is 0 Å². The molecule has 0 aromatic rings. The second-order valence-corrected chi connectivity index (χ2v) is 1.51. The Morgan fingerprint density at radius 3 is 2.25 bits per heavy atom. The molecule has 0 aromatic carbocycles. The molecule has 4 heteroatoms. The normalized spacial score (nSPS) is 11.6. The summed E-state index contributed by atoms with van der Waals surface area (Å²) in [4.78, 5) is 0. The van der Waals surface area contributed by atoms with Crippen molar-refractivity contribution < 1.29 is 0 Å². The quantitative estimate of drug-likeness (QED) is 0.209. The molecule has 0 saturated heterocycles. The van der Waals surface area contributed by atoms with E-state index in [4.69, 9.17) is 11.7 Å². The maximum absolute atomic E-state index is 5.28. The Kier molecular flexibility index (Phi) is 2.95. The van der Waals surface area contributed by atoms with Gasteiger partial charge in [-0.2, -0.15) is 5.10 Å². The molecule has 8 heavy (non-hydrogen) atoms. The summed E-state index contributed by atoms with van der Waals surface area (Å²) in [5.41, 5.74) is 0. The maximum atomic E-state index is 5.28. The van der Waals surface area contributed by atoms with Gasteiger partial charge in [-0.25, -0.2) is 5.84 Å². The van der Waals surface area contributed by atoms with Crippen molar-refractivity contribution in [1.29, 1.82) is 0 Å². The van der Waals surface area contributed by atoms with Gasteiger partial charge >= 0.3 is 0 Å². The summed E-state index contributed by atoms with van der Waals surface area (Å²) in [6.07, 6.45) is 0.767. The number of hydrogen-bond acceptors (Lipinski definition) is 3. The Morgan fingerprint density at radius 2 is 2.25 bits per heavy atom. The molecule has 0 bridgehead atoms. The molecule has 0 atom stereocenters. The van der Waals surface area contributed by atoms with Crippen LogP contribution in [0.5, 0.6) is 0 Å². The van der Waals surface area contributed by atoms with Gasteiger partial charge in [0.25, 0.3) is 0 Å². The SMILES string of the molecule is CC/C(=N/N)N(C)N. The van der Waals surface area contributed by atoms with Gasteiger partial charge < -0.3 is 10.9 Å². The predicted molar refractivity (Wildman–Crippen MR) is 33.9 cm³/mol. The van der Waals surface area contributed by atoms with Gasteiger partial charge in [0.15, 0.2) is 0 Å². The average molecular weight is 116 g/mol. The molecule has 4 nitrogen and oxygen atoms in total. The van der Waals surface area contributed by atoms with Crippen molar-refractivity contribution in [2.45, 2.75) is 13.3 Å². The van der Waals surface area contributed by atoms with Crippen LogP contribution in [0.3, 0.4) is 0 Å². The molecule has 0 aliphatic carbocycles. The molecule has 48 valence electrons. The van der Waals surface area contributed by atoms with Crippen LogP contribution >= 0.6 is 0 Å². The topological polar surface area (TPSA) is 67.6 Å². The van der Waals surface area contributed by atoms with Crippen molar-refractivity contribution in [3.05, 3.63) is 0 Å². The van der Waals surface area contributed by atoms with Crippen LogP contribution in [0, 0.1) is 0 Å². The fourth-order valence-electron chi connectivity index (χ4n) is 0.432. The number of nitrogens with two attached hydrogens (primary N) is 2. The molecule has 0 rings (SSSR count). The molecule has 0 aromatic heterocycles. The first kappa shape index (κ1) is 7.23. The summed E-state index contributed by atoms with van der Waals surface area (Å²) < 4.78 is 0. The van der Waals surface area contributed by atoms with E-state index in [1.165, 1.54) is 5.01 Å². The number of rotatable bonds is 1. The lowest BCUT2D eigenvalue weighted by molar-refractivity contribution is 0.524. The van der Waals surface area contributed by atoms with Crippen LogP contribution in [-0.2, 0) is 0 Å². The molecular formula is C4H12N4. The molecule has 0 unspecified atom stereocenters. The Bertz CT molecular complexity index is 86.0. The van der Waals surface area contributed by atoms with Gasteiger partial charge in [-0.15, -0.1) is 0 Å². The highest BCUT2D eigenvalue weighted by molar-refractivity contribution is 5.80. The van der Waals surface area contributed by atoms with E-state index >= 15 is 0 Å². The van der Waals surface area contributed by atoms with E-state index < -0.39 is 0 Å². The summed E-state index contributed by atoms with van der Waals surface area (Å²) in [6.45, 7) is 1.94. The molecule has 4 N–H and O–H groups in total. The third-order valence-electron chi connectivity index (χ3n) is 0.872. The van der Waals surface area contributed by atoms with Gasteiger partial charge in [0, 0.05) is 13.5 Å². The lowest BCUT2D eigenvalue weighted by Gasteiger charge is -2.10. The van der Waals surface area contributed by atoms with Crippen LogP contribution in [0.1, 0.15) is 13.3 Å². The molecule has 0 aliphatic rings. The van der Waals surface area contributed by atoms with Gasteiger partial charge in [-0.05, 0) is 0 Å². The van der Waals surface area contributed by atoms with Crippen molar-refractivity contribution >= 4 is 5.84 Å². The van der Waals surface area contributed by atoms with Crippen LogP contribution in [0.2, 0.25) is 0 Å². The van der Waals surface area contributed by atoms with E-state index in [0.29, 0.717) is 5.84 Å². The van der Waals surface area contributed by atoms with Crippen LogP contribution in [0.25, 0.3) is 0 Å². The van der Waals surface area contributed by atoms with Crippen molar-refractivity contribution in [3.63, 3.8) is 0 Å². The van der Waals surface area contributed by atoms with E-state index in [1.807, 2.05) is 6.92 Å². The zero-order valence-electron chi connectivity index (χ0n) is 5.26. The summed E-state index contributed by atoms with van der Waals surface area (Å²) in [5.74, 6) is 10.9. The second-order valence-electron chi connectivity index (χ2n) is 1.51. The Balaban J connectivity index is 3.72. The highest BCUT2D eigenvalue weighted by Crippen LogP contribution is 1.82. The highest BCUT2D eigenvalue weighted by atomic mass is 15.4. The summed E-state index contributed by atoms with van der Waals surface area (Å²) in [5, 5.41) is 4.83. The Hall–Kier alpha value is -0.770. The van der Waals surface area contributed by atoms with Crippen molar-refractivity contribution in [2.75, 3.05) is 7.05 Å². The Labute approximate surface area is 49.1 Å². The molecule has 0 amide bonds. The first-order chi connectivity index (χ1) is 3.72. The molecular weight excluding hydrogens is 104 g/mol. The standard InChI is InChI=1S/C4H12N4/c1-3-4(7-5)8(2)6/h3,5-6H2,1-2H3/b7-4-. The lowest BCUT2D eigenvalue weighted by Crippen LogP contribution is -2.33. The molecule has 0 heterocycles. The minimum absolute atomic E-state index is 0.699. The number of hydrazone groups is 1. The highest BCUT2D eigenvalue weighted by Gasteiger charge is 1.94. The second kappa shape index (κ2) is 3.26. The van der Waals surface area contributed by atoms with Crippen LogP contribution in [-0.4, -0.2) is 17.9 Å². The first-order valence-electron chi connectivity index (χ1n) is 2.47. The van der Waals surface area contributed by atoms with Gasteiger partial charge in [-0.1, -0.05) is 6.92 Å². The van der Waals surface area contributed by atoms with E-state index in [1.54, 1.807) is 7.05 Å². The molecule has 0 saturated carbocycles. The minimum Gasteiger partial charge on any atom is -0.322 e.